The maximum absolute atomic E-state index is 12.4. The number of hydrogen-bond acceptors (Lipinski definition) is 7. The molecule has 8 heteroatoms. The molecule has 1 atom stereocenters. The van der Waals surface area contributed by atoms with Crippen LogP contribution in [0.4, 0.5) is 0 Å². The van der Waals surface area contributed by atoms with Crippen LogP contribution in [0.15, 0.2) is 33.9 Å². The lowest BCUT2D eigenvalue weighted by molar-refractivity contribution is -0.131. The second-order valence-corrected chi connectivity index (χ2v) is 7.47. The van der Waals surface area contributed by atoms with Crippen LogP contribution in [0.2, 0.25) is 0 Å². The van der Waals surface area contributed by atoms with Crippen LogP contribution < -0.4 is 9.47 Å². The van der Waals surface area contributed by atoms with Gasteiger partial charge in [0.25, 0.3) is 11.1 Å². The molecule has 26 heavy (non-hydrogen) atoms. The minimum atomic E-state index is -0.453. The minimum Gasteiger partial charge on any atom is -0.485 e. The first-order chi connectivity index (χ1) is 12.5. The van der Waals surface area contributed by atoms with Crippen molar-refractivity contribution in [2.24, 2.45) is 0 Å². The Bertz CT molecular complexity index is 754. The molecule has 1 aromatic heterocycles. The number of amides is 1. The smallest absolute Gasteiger partial charge is 0.277 e. The van der Waals surface area contributed by atoms with E-state index in [4.69, 9.17) is 13.9 Å². The summed E-state index contributed by atoms with van der Waals surface area (Å²) in [5.41, 5.74) is 0. The normalized spacial score (nSPS) is 16.2. The summed E-state index contributed by atoms with van der Waals surface area (Å²) in [6, 6.07) is 7.74. The number of fused-ring (bicyclic) bond motifs is 1. The van der Waals surface area contributed by atoms with Gasteiger partial charge < -0.3 is 18.8 Å². The fourth-order valence-electron chi connectivity index (χ4n) is 2.92. The zero-order valence-electron chi connectivity index (χ0n) is 15.3. The molecule has 2 aromatic rings. The van der Waals surface area contributed by atoms with Crippen LogP contribution in [-0.4, -0.2) is 45.4 Å². The molecule has 0 fully saturated rings. The van der Waals surface area contributed by atoms with Crippen LogP contribution in [0.5, 0.6) is 11.5 Å². The number of hydrogen-bond donors (Lipinski definition) is 0. The van der Waals surface area contributed by atoms with Crippen molar-refractivity contribution in [2.45, 2.75) is 51.1 Å². The Morgan fingerprint density at radius 3 is 2.58 bits per heavy atom. The standard InChI is InChI=1S/C18H23N3O4S/c1-11(2)21(12(3)4)16(22)10-26-18-20-19-17(25-18)15-9-23-13-7-5-6-8-14(13)24-15/h5-8,11-12,15H,9-10H2,1-4H3/t15-/m0/s1. The average molecular weight is 377 g/mol. The van der Waals surface area contributed by atoms with Crippen LogP contribution >= 0.6 is 11.8 Å². The van der Waals surface area contributed by atoms with Crippen molar-refractivity contribution in [1.82, 2.24) is 15.1 Å². The van der Waals surface area contributed by atoms with Gasteiger partial charge in [0.1, 0.15) is 6.61 Å². The van der Waals surface area contributed by atoms with Crippen LogP contribution in [0.1, 0.15) is 39.7 Å². The first kappa shape index (κ1) is 18.6. The van der Waals surface area contributed by atoms with Gasteiger partial charge in [-0.05, 0) is 39.8 Å². The summed E-state index contributed by atoms with van der Waals surface area (Å²) in [5, 5.41) is 8.40. The van der Waals surface area contributed by atoms with Crippen LogP contribution in [0, 0.1) is 0 Å². The Balaban J connectivity index is 1.60. The quantitative estimate of drug-likeness (QED) is 0.715. The van der Waals surface area contributed by atoms with Crippen molar-refractivity contribution in [3.05, 3.63) is 30.2 Å². The summed E-state index contributed by atoms with van der Waals surface area (Å²) in [6.45, 7) is 8.32. The molecule has 0 unspecified atom stereocenters. The zero-order chi connectivity index (χ0) is 18.7. The zero-order valence-corrected chi connectivity index (χ0v) is 16.2. The lowest BCUT2D eigenvalue weighted by Gasteiger charge is -2.30. The van der Waals surface area contributed by atoms with Crippen LogP contribution in [0.3, 0.4) is 0 Å². The molecule has 1 aliphatic heterocycles. The fourth-order valence-corrected chi connectivity index (χ4v) is 3.56. The van der Waals surface area contributed by atoms with E-state index in [0.29, 0.717) is 29.2 Å². The molecule has 0 saturated heterocycles. The fraction of sp³-hybridized carbons (Fsp3) is 0.500. The van der Waals surface area contributed by atoms with Crippen LogP contribution in [0.25, 0.3) is 0 Å². The van der Waals surface area contributed by atoms with E-state index < -0.39 is 6.10 Å². The molecule has 7 nitrogen and oxygen atoms in total. The molecule has 1 aromatic carbocycles. The number of thioether (sulfide) groups is 1. The number of para-hydroxylation sites is 2. The van der Waals surface area contributed by atoms with Gasteiger partial charge in [0.15, 0.2) is 11.5 Å². The lowest BCUT2D eigenvalue weighted by atomic mass is 10.2. The van der Waals surface area contributed by atoms with E-state index in [9.17, 15) is 4.79 Å². The highest BCUT2D eigenvalue weighted by molar-refractivity contribution is 7.99. The molecule has 0 radical (unpaired) electrons. The van der Waals surface area contributed by atoms with E-state index in [2.05, 4.69) is 10.2 Å². The molecule has 3 rings (SSSR count). The first-order valence-corrected chi connectivity index (χ1v) is 9.60. The summed E-state index contributed by atoms with van der Waals surface area (Å²) in [5.74, 6) is 2.00. The molecular weight excluding hydrogens is 354 g/mol. The van der Waals surface area contributed by atoms with E-state index in [-0.39, 0.29) is 23.7 Å². The molecule has 1 aliphatic rings. The van der Waals surface area contributed by atoms with Gasteiger partial charge in [0.05, 0.1) is 5.75 Å². The monoisotopic (exact) mass is 377 g/mol. The molecule has 0 N–H and O–H groups in total. The average Bonchev–Trinajstić information content (AvgIpc) is 3.08. The van der Waals surface area contributed by atoms with Crippen molar-refractivity contribution >= 4 is 17.7 Å². The Morgan fingerprint density at radius 2 is 1.88 bits per heavy atom. The van der Waals surface area contributed by atoms with E-state index >= 15 is 0 Å². The second-order valence-electron chi connectivity index (χ2n) is 6.55. The summed E-state index contributed by atoms with van der Waals surface area (Å²) in [7, 11) is 0. The molecule has 0 aliphatic carbocycles. The molecule has 0 bridgehead atoms. The summed E-state index contributed by atoms with van der Waals surface area (Å²) in [6.07, 6.45) is -0.453. The Labute approximate surface area is 157 Å². The highest BCUT2D eigenvalue weighted by Gasteiger charge is 2.28. The Hall–Kier alpha value is -2.22. The maximum atomic E-state index is 12.4. The van der Waals surface area contributed by atoms with Crippen LogP contribution in [-0.2, 0) is 4.79 Å². The van der Waals surface area contributed by atoms with Gasteiger partial charge in [-0.2, -0.15) is 0 Å². The number of nitrogens with zero attached hydrogens (tertiary/aromatic N) is 3. The molecule has 0 spiro atoms. The number of benzene rings is 1. The first-order valence-electron chi connectivity index (χ1n) is 8.61. The second kappa shape index (κ2) is 7.99. The Morgan fingerprint density at radius 1 is 1.19 bits per heavy atom. The van der Waals surface area contributed by atoms with E-state index in [1.165, 1.54) is 11.8 Å². The van der Waals surface area contributed by atoms with Gasteiger partial charge in [-0.15, -0.1) is 10.2 Å². The maximum Gasteiger partial charge on any atom is 0.277 e. The predicted molar refractivity (Wildman–Crippen MR) is 97.4 cm³/mol. The Kier molecular flexibility index (Phi) is 5.70. The lowest BCUT2D eigenvalue weighted by Crippen LogP contribution is -2.43. The SMILES string of the molecule is CC(C)N(C(=O)CSc1nnc([C@@H]2COc3ccccc3O2)o1)C(C)C. The third kappa shape index (κ3) is 4.12. The van der Waals surface area contributed by atoms with Crippen molar-refractivity contribution in [3.63, 3.8) is 0 Å². The largest absolute Gasteiger partial charge is 0.485 e. The number of rotatable bonds is 6. The van der Waals surface area contributed by atoms with Crippen molar-refractivity contribution in [3.8, 4) is 11.5 Å². The number of aromatic nitrogens is 2. The van der Waals surface area contributed by atoms with Gasteiger partial charge in [0, 0.05) is 12.1 Å². The van der Waals surface area contributed by atoms with E-state index in [0.717, 1.165) is 0 Å². The predicted octanol–water partition coefficient (Wildman–Crippen LogP) is 3.32. The van der Waals surface area contributed by atoms with Gasteiger partial charge >= 0.3 is 0 Å². The van der Waals surface area contributed by atoms with Crippen molar-refractivity contribution < 1.29 is 18.7 Å². The van der Waals surface area contributed by atoms with E-state index in [1.807, 2.05) is 56.9 Å². The molecule has 0 saturated carbocycles. The van der Waals surface area contributed by atoms with E-state index in [1.54, 1.807) is 0 Å². The summed E-state index contributed by atoms with van der Waals surface area (Å²) in [4.78, 5) is 14.3. The number of carbonyl (C=O) groups is 1. The van der Waals surface area contributed by atoms with Gasteiger partial charge in [-0.1, -0.05) is 23.9 Å². The summed E-state index contributed by atoms with van der Waals surface area (Å²) >= 11 is 1.23. The van der Waals surface area contributed by atoms with Gasteiger partial charge in [0.2, 0.25) is 12.0 Å². The highest BCUT2D eigenvalue weighted by Crippen LogP contribution is 2.35. The summed E-state index contributed by atoms with van der Waals surface area (Å²) < 4.78 is 17.2. The highest BCUT2D eigenvalue weighted by atomic mass is 32.2. The molecule has 2 heterocycles. The van der Waals surface area contributed by atoms with Crippen molar-refractivity contribution in [1.29, 1.82) is 0 Å². The third-order valence-electron chi connectivity index (χ3n) is 3.93. The van der Waals surface area contributed by atoms with Gasteiger partial charge in [-0.3, -0.25) is 4.79 Å². The van der Waals surface area contributed by atoms with Crippen molar-refractivity contribution in [2.75, 3.05) is 12.4 Å². The number of ether oxygens (including phenoxy) is 2. The minimum absolute atomic E-state index is 0.0472. The number of carbonyl (C=O) groups excluding carboxylic acids is 1. The molecule has 140 valence electrons. The molecular formula is C18H23N3O4S. The topological polar surface area (TPSA) is 77.7 Å². The molecule has 1 amide bonds. The van der Waals surface area contributed by atoms with Gasteiger partial charge in [-0.25, -0.2) is 0 Å². The third-order valence-corrected chi connectivity index (χ3v) is 4.73.